The number of nitrogens with zero attached hydrogens (tertiary/aromatic N) is 2. The van der Waals surface area contributed by atoms with Gasteiger partial charge in [0, 0.05) is 11.8 Å². The molecule has 0 bridgehead atoms. The monoisotopic (exact) mass is 410 g/mol. The first-order valence-corrected chi connectivity index (χ1v) is 10.1. The summed E-state index contributed by atoms with van der Waals surface area (Å²) in [5, 5.41) is 15.6. The van der Waals surface area contributed by atoms with Gasteiger partial charge in [0.05, 0.1) is 15.5 Å². The molecule has 148 valence electrons. The highest BCUT2D eigenvalue weighted by Crippen LogP contribution is 2.28. The van der Waals surface area contributed by atoms with Crippen molar-refractivity contribution in [1.82, 2.24) is 0 Å². The number of nitro groups is 1. The molecule has 29 heavy (non-hydrogen) atoms. The minimum absolute atomic E-state index is 0.0870. The maximum atomic E-state index is 12.6. The first-order chi connectivity index (χ1) is 13.9. The third kappa shape index (κ3) is 4.96. The normalized spacial score (nSPS) is 11.7. The van der Waals surface area contributed by atoms with Crippen LogP contribution in [0, 0.1) is 10.1 Å². The number of sulfonamides is 1. The van der Waals surface area contributed by atoms with Crippen molar-refractivity contribution in [1.29, 1.82) is 0 Å². The van der Waals surface area contributed by atoms with Crippen LogP contribution >= 0.6 is 0 Å². The van der Waals surface area contributed by atoms with Crippen LogP contribution in [0.4, 0.5) is 17.1 Å². The van der Waals surface area contributed by atoms with E-state index in [2.05, 4.69) is 15.2 Å². The van der Waals surface area contributed by atoms with Crippen LogP contribution in [0.5, 0.6) is 0 Å². The summed E-state index contributed by atoms with van der Waals surface area (Å²) < 4.78 is 27.5. The molecule has 0 aliphatic carbocycles. The molecule has 0 aliphatic rings. The summed E-state index contributed by atoms with van der Waals surface area (Å²) in [5.41, 5.74) is 4.19. The molecule has 0 atom stereocenters. The van der Waals surface area contributed by atoms with Crippen molar-refractivity contribution in [3.63, 3.8) is 0 Å². The lowest BCUT2D eigenvalue weighted by Crippen LogP contribution is -2.13. The van der Waals surface area contributed by atoms with E-state index < -0.39 is 20.6 Å². The van der Waals surface area contributed by atoms with E-state index in [1.807, 2.05) is 30.3 Å². The van der Waals surface area contributed by atoms with Gasteiger partial charge >= 0.3 is 0 Å². The number of hydrogen-bond acceptors (Lipinski definition) is 6. The summed E-state index contributed by atoms with van der Waals surface area (Å²) >= 11 is 0. The lowest BCUT2D eigenvalue weighted by molar-refractivity contribution is -0.384. The maximum Gasteiger partial charge on any atom is 0.295 e. The maximum absolute atomic E-state index is 12.6. The summed E-state index contributed by atoms with van der Waals surface area (Å²) in [5.74, 6) is 0. The summed E-state index contributed by atoms with van der Waals surface area (Å²) in [4.78, 5) is 10.6. The minimum Gasteiger partial charge on any atom is -0.280 e. The predicted octanol–water partition coefficient (Wildman–Crippen LogP) is 4.23. The van der Waals surface area contributed by atoms with Crippen molar-refractivity contribution < 1.29 is 13.3 Å². The molecule has 0 fully saturated rings. The van der Waals surface area contributed by atoms with Crippen LogP contribution < -0.4 is 10.1 Å². The number of benzene rings is 3. The van der Waals surface area contributed by atoms with Crippen molar-refractivity contribution in [2.75, 3.05) is 10.1 Å². The molecule has 8 nitrogen and oxygen atoms in total. The highest BCUT2D eigenvalue weighted by atomic mass is 32.2. The second-order valence-corrected chi connectivity index (χ2v) is 7.77. The van der Waals surface area contributed by atoms with Crippen molar-refractivity contribution in [2.45, 2.75) is 11.8 Å². The molecule has 0 aromatic heterocycles. The highest BCUT2D eigenvalue weighted by molar-refractivity contribution is 7.92. The molecule has 0 saturated carbocycles. The van der Waals surface area contributed by atoms with Gasteiger partial charge in [-0.3, -0.25) is 20.3 Å². The van der Waals surface area contributed by atoms with Crippen molar-refractivity contribution >= 4 is 32.8 Å². The van der Waals surface area contributed by atoms with Gasteiger partial charge in [-0.1, -0.05) is 48.5 Å². The predicted molar refractivity (Wildman–Crippen MR) is 113 cm³/mol. The number of rotatable bonds is 7. The first-order valence-electron chi connectivity index (χ1n) is 8.59. The van der Waals surface area contributed by atoms with E-state index in [1.165, 1.54) is 12.1 Å². The van der Waals surface area contributed by atoms with Gasteiger partial charge in [-0.2, -0.15) is 5.10 Å². The van der Waals surface area contributed by atoms with E-state index in [1.54, 1.807) is 37.3 Å². The molecule has 9 heteroatoms. The summed E-state index contributed by atoms with van der Waals surface area (Å²) in [6.07, 6.45) is 0. The molecule has 3 aromatic rings. The van der Waals surface area contributed by atoms with Gasteiger partial charge in [-0.05, 0) is 36.8 Å². The Labute approximate surface area is 168 Å². The van der Waals surface area contributed by atoms with Crippen LogP contribution in [-0.2, 0) is 10.0 Å². The molecule has 2 N–H and O–H groups in total. The lowest BCUT2D eigenvalue weighted by Gasteiger charge is -2.09. The number of anilines is 2. The summed E-state index contributed by atoms with van der Waals surface area (Å²) in [6.45, 7) is 1.76. The Bertz CT molecular complexity index is 1150. The fourth-order valence-corrected chi connectivity index (χ4v) is 3.61. The van der Waals surface area contributed by atoms with Crippen LogP contribution in [0.2, 0.25) is 0 Å². The average Bonchev–Trinajstić information content (AvgIpc) is 2.72. The number of nitro benzene ring substituents is 1. The third-order valence-corrected chi connectivity index (χ3v) is 5.42. The molecule has 0 heterocycles. The molecular weight excluding hydrogens is 392 g/mol. The van der Waals surface area contributed by atoms with Gasteiger partial charge in [0.1, 0.15) is 5.69 Å². The molecule has 0 radical (unpaired) electrons. The summed E-state index contributed by atoms with van der Waals surface area (Å²) in [6, 6.07) is 21.2. The smallest absolute Gasteiger partial charge is 0.280 e. The zero-order chi connectivity index (χ0) is 20.9. The summed E-state index contributed by atoms with van der Waals surface area (Å²) in [7, 11) is -3.98. The topological polar surface area (TPSA) is 114 Å². The van der Waals surface area contributed by atoms with Crippen LogP contribution in [0.1, 0.15) is 12.5 Å². The van der Waals surface area contributed by atoms with Gasteiger partial charge < -0.3 is 0 Å². The van der Waals surface area contributed by atoms with Gasteiger partial charge in [0.25, 0.3) is 15.7 Å². The van der Waals surface area contributed by atoms with Gasteiger partial charge in [0.2, 0.25) is 0 Å². The third-order valence-electron chi connectivity index (χ3n) is 4.04. The molecule has 0 saturated heterocycles. The van der Waals surface area contributed by atoms with E-state index in [0.29, 0.717) is 11.4 Å². The van der Waals surface area contributed by atoms with Crippen molar-refractivity contribution in [2.24, 2.45) is 5.10 Å². The zero-order valence-electron chi connectivity index (χ0n) is 15.4. The van der Waals surface area contributed by atoms with Gasteiger partial charge in [-0.15, -0.1) is 0 Å². The highest BCUT2D eigenvalue weighted by Gasteiger charge is 2.21. The largest absolute Gasteiger partial charge is 0.295 e. The van der Waals surface area contributed by atoms with Crippen LogP contribution in [0.3, 0.4) is 0 Å². The SMILES string of the molecule is C/C(=N\Nc1ccc(S(=O)(=O)Nc2ccccc2)cc1[N+](=O)[O-])c1ccccc1. The van der Waals surface area contributed by atoms with Gasteiger partial charge in [0.15, 0.2) is 0 Å². The minimum atomic E-state index is -3.98. The van der Waals surface area contributed by atoms with E-state index in [9.17, 15) is 18.5 Å². The lowest BCUT2D eigenvalue weighted by atomic mass is 10.1. The Morgan fingerprint density at radius 2 is 1.59 bits per heavy atom. The Morgan fingerprint density at radius 1 is 0.966 bits per heavy atom. The molecule has 3 aromatic carbocycles. The Kier molecular flexibility index (Phi) is 5.89. The average molecular weight is 410 g/mol. The van der Waals surface area contributed by atoms with E-state index in [-0.39, 0.29) is 10.6 Å². The van der Waals surface area contributed by atoms with E-state index >= 15 is 0 Å². The second kappa shape index (κ2) is 8.53. The Hall–Kier alpha value is -3.72. The van der Waals surface area contributed by atoms with Crippen LogP contribution in [0.15, 0.2) is 88.9 Å². The number of nitrogens with one attached hydrogen (secondary N) is 2. The molecule has 0 unspecified atom stereocenters. The number of hydrogen-bond donors (Lipinski definition) is 2. The zero-order valence-corrected chi connectivity index (χ0v) is 16.3. The van der Waals surface area contributed by atoms with E-state index in [0.717, 1.165) is 11.6 Å². The molecule has 0 aliphatic heterocycles. The Balaban J connectivity index is 1.88. The fraction of sp³-hybridized carbons (Fsp3) is 0.0500. The van der Waals surface area contributed by atoms with Gasteiger partial charge in [-0.25, -0.2) is 8.42 Å². The fourth-order valence-electron chi connectivity index (χ4n) is 2.53. The first kappa shape index (κ1) is 20.0. The van der Waals surface area contributed by atoms with Crippen molar-refractivity contribution in [3.8, 4) is 0 Å². The second-order valence-electron chi connectivity index (χ2n) is 6.08. The number of para-hydroxylation sites is 1. The molecular formula is C20H18N4O4S. The molecule has 3 rings (SSSR count). The van der Waals surface area contributed by atoms with Crippen LogP contribution in [-0.4, -0.2) is 19.1 Å². The van der Waals surface area contributed by atoms with Crippen molar-refractivity contribution in [3.05, 3.63) is 94.5 Å². The number of hydrazone groups is 1. The standard InChI is InChI=1S/C20H18N4O4S/c1-15(16-8-4-2-5-9-16)21-22-19-13-12-18(14-20(19)24(25)26)29(27,28)23-17-10-6-3-7-11-17/h2-14,22-23H,1H3/b21-15+. The van der Waals surface area contributed by atoms with E-state index in [4.69, 9.17) is 0 Å². The Morgan fingerprint density at radius 3 is 2.21 bits per heavy atom. The molecule has 0 spiro atoms. The van der Waals surface area contributed by atoms with Crippen LogP contribution in [0.25, 0.3) is 0 Å². The molecule has 0 amide bonds. The quantitative estimate of drug-likeness (QED) is 0.344.